The van der Waals surface area contributed by atoms with Gasteiger partial charge in [-0.05, 0) is 43.2 Å². The molecule has 2 aromatic heterocycles. The monoisotopic (exact) mass is 316 g/mol. The van der Waals surface area contributed by atoms with Crippen LogP contribution in [0.4, 0.5) is 10.2 Å². The Morgan fingerprint density at radius 2 is 1.95 bits per heavy atom. The van der Waals surface area contributed by atoms with Crippen molar-refractivity contribution in [1.82, 2.24) is 14.9 Å². The first-order chi connectivity index (χ1) is 10.6. The van der Waals surface area contributed by atoms with Gasteiger partial charge >= 0.3 is 0 Å². The first kappa shape index (κ1) is 14.9. The van der Waals surface area contributed by atoms with E-state index in [0.717, 1.165) is 21.6 Å². The molecule has 0 fully saturated rings. The number of anilines is 1. The fraction of sp³-hybridized carbons (Fsp3) is 0.250. The van der Waals surface area contributed by atoms with Crippen molar-refractivity contribution in [1.29, 1.82) is 0 Å². The maximum absolute atomic E-state index is 13.1. The van der Waals surface area contributed by atoms with E-state index in [1.165, 1.54) is 12.1 Å². The Morgan fingerprint density at radius 3 is 2.68 bits per heavy atom. The number of aromatic nitrogens is 2. The molecule has 0 aliphatic heterocycles. The molecule has 0 bridgehead atoms. The third kappa shape index (κ3) is 3.08. The molecule has 1 aromatic carbocycles. The Kier molecular flexibility index (Phi) is 4.31. The van der Waals surface area contributed by atoms with Crippen LogP contribution >= 0.6 is 11.3 Å². The molecule has 1 N–H and O–H groups in total. The van der Waals surface area contributed by atoms with E-state index in [1.807, 2.05) is 37.7 Å². The second-order valence-electron chi connectivity index (χ2n) is 5.27. The van der Waals surface area contributed by atoms with Crippen molar-refractivity contribution in [3.8, 4) is 0 Å². The number of benzene rings is 1. The normalized spacial score (nSPS) is 12.7. The van der Waals surface area contributed by atoms with Crippen LogP contribution in [0.1, 0.15) is 11.6 Å². The molecule has 2 heterocycles. The van der Waals surface area contributed by atoms with Crippen molar-refractivity contribution in [3.05, 3.63) is 53.4 Å². The van der Waals surface area contributed by atoms with Gasteiger partial charge in [-0.15, -0.1) is 11.3 Å². The first-order valence-corrected chi connectivity index (χ1v) is 7.87. The van der Waals surface area contributed by atoms with Crippen LogP contribution in [-0.4, -0.2) is 35.5 Å². The Bertz CT molecular complexity index is 754. The second-order valence-corrected chi connectivity index (χ2v) is 6.17. The summed E-state index contributed by atoms with van der Waals surface area (Å²) in [5.41, 5.74) is 1.06. The number of fused-ring (bicyclic) bond motifs is 1. The highest BCUT2D eigenvalue weighted by Crippen LogP contribution is 2.25. The van der Waals surface area contributed by atoms with Crippen molar-refractivity contribution in [3.63, 3.8) is 0 Å². The molecule has 0 amide bonds. The van der Waals surface area contributed by atoms with Crippen LogP contribution in [0.3, 0.4) is 0 Å². The first-order valence-electron chi connectivity index (χ1n) is 6.99. The molecule has 0 radical (unpaired) electrons. The SMILES string of the molecule is CN(C)[C@@H](CNc1ncnc2sccc12)c1ccc(F)cc1. The maximum atomic E-state index is 13.1. The van der Waals surface area contributed by atoms with E-state index in [4.69, 9.17) is 0 Å². The van der Waals surface area contributed by atoms with Crippen LogP contribution < -0.4 is 5.32 Å². The Labute approximate surface area is 132 Å². The van der Waals surface area contributed by atoms with Gasteiger partial charge in [-0.3, -0.25) is 0 Å². The zero-order chi connectivity index (χ0) is 15.5. The summed E-state index contributed by atoms with van der Waals surface area (Å²) in [7, 11) is 4.02. The third-order valence-electron chi connectivity index (χ3n) is 3.60. The fourth-order valence-electron chi connectivity index (χ4n) is 2.41. The summed E-state index contributed by atoms with van der Waals surface area (Å²) in [6.45, 7) is 0.681. The lowest BCUT2D eigenvalue weighted by atomic mass is 10.1. The van der Waals surface area contributed by atoms with Crippen LogP contribution in [0.5, 0.6) is 0 Å². The summed E-state index contributed by atoms with van der Waals surface area (Å²) in [6.07, 6.45) is 1.57. The van der Waals surface area contributed by atoms with E-state index in [9.17, 15) is 4.39 Å². The molecule has 0 unspecified atom stereocenters. The smallest absolute Gasteiger partial charge is 0.138 e. The molecule has 0 aliphatic carbocycles. The maximum Gasteiger partial charge on any atom is 0.138 e. The molecule has 1 atom stereocenters. The lowest BCUT2D eigenvalue weighted by Crippen LogP contribution is -2.27. The third-order valence-corrected chi connectivity index (χ3v) is 4.42. The zero-order valence-corrected chi connectivity index (χ0v) is 13.3. The number of nitrogens with one attached hydrogen (secondary N) is 1. The number of halogens is 1. The average Bonchev–Trinajstić information content (AvgIpc) is 2.98. The summed E-state index contributed by atoms with van der Waals surface area (Å²) in [5.74, 6) is 0.616. The summed E-state index contributed by atoms with van der Waals surface area (Å²) in [6, 6.07) is 8.78. The van der Waals surface area contributed by atoms with Crippen molar-refractivity contribution in [2.75, 3.05) is 26.0 Å². The Hall–Kier alpha value is -2.05. The van der Waals surface area contributed by atoms with Crippen molar-refractivity contribution in [2.45, 2.75) is 6.04 Å². The van der Waals surface area contributed by atoms with Gasteiger partial charge in [0.1, 0.15) is 22.8 Å². The lowest BCUT2D eigenvalue weighted by molar-refractivity contribution is 0.311. The van der Waals surface area contributed by atoms with Gasteiger partial charge in [-0.25, -0.2) is 14.4 Å². The van der Waals surface area contributed by atoms with Gasteiger partial charge < -0.3 is 10.2 Å². The van der Waals surface area contributed by atoms with Gasteiger partial charge in [0, 0.05) is 6.54 Å². The van der Waals surface area contributed by atoms with E-state index in [2.05, 4.69) is 20.2 Å². The number of likely N-dealkylation sites (N-methyl/N-ethyl adjacent to an activating group) is 1. The van der Waals surface area contributed by atoms with Crippen LogP contribution in [0.15, 0.2) is 42.0 Å². The second kappa shape index (κ2) is 6.37. The molecule has 6 heteroatoms. The highest BCUT2D eigenvalue weighted by molar-refractivity contribution is 7.16. The predicted molar refractivity (Wildman–Crippen MR) is 88.7 cm³/mol. The van der Waals surface area contributed by atoms with Gasteiger partial charge in [0.05, 0.1) is 11.4 Å². The number of hydrogen-bond donors (Lipinski definition) is 1. The number of thiophene rings is 1. The zero-order valence-electron chi connectivity index (χ0n) is 12.5. The molecule has 0 spiro atoms. The van der Waals surface area contributed by atoms with Gasteiger partial charge in [0.15, 0.2) is 0 Å². The van der Waals surface area contributed by atoms with E-state index in [1.54, 1.807) is 17.7 Å². The van der Waals surface area contributed by atoms with Crippen molar-refractivity contribution in [2.24, 2.45) is 0 Å². The Balaban J connectivity index is 1.80. The standard InChI is InChI=1S/C16H17FN4S/c1-21(2)14(11-3-5-12(17)6-4-11)9-18-15-13-7-8-22-16(13)20-10-19-15/h3-8,10,14H,9H2,1-2H3,(H,18,19,20)/t14-/m0/s1. The molecular weight excluding hydrogens is 299 g/mol. The van der Waals surface area contributed by atoms with Crippen molar-refractivity contribution >= 4 is 27.4 Å². The van der Waals surface area contributed by atoms with Gasteiger partial charge in [0.25, 0.3) is 0 Å². The fourth-order valence-corrected chi connectivity index (χ4v) is 3.14. The van der Waals surface area contributed by atoms with Crippen LogP contribution in [0, 0.1) is 5.82 Å². The topological polar surface area (TPSA) is 41.0 Å². The minimum absolute atomic E-state index is 0.129. The molecule has 3 rings (SSSR count). The van der Waals surface area contributed by atoms with Crippen LogP contribution in [0.25, 0.3) is 10.2 Å². The van der Waals surface area contributed by atoms with Crippen molar-refractivity contribution < 1.29 is 4.39 Å². The number of nitrogens with zero attached hydrogens (tertiary/aromatic N) is 3. The van der Waals surface area contributed by atoms with Gasteiger partial charge in [-0.1, -0.05) is 12.1 Å². The molecule has 22 heavy (non-hydrogen) atoms. The summed E-state index contributed by atoms with van der Waals surface area (Å²) in [4.78, 5) is 11.6. The van der Waals surface area contributed by atoms with E-state index in [0.29, 0.717) is 6.54 Å². The molecular formula is C16H17FN4S. The molecule has 0 aliphatic rings. The Morgan fingerprint density at radius 1 is 1.18 bits per heavy atom. The lowest BCUT2D eigenvalue weighted by Gasteiger charge is -2.25. The minimum atomic E-state index is -0.218. The van der Waals surface area contributed by atoms with E-state index in [-0.39, 0.29) is 11.9 Å². The minimum Gasteiger partial charge on any atom is -0.368 e. The largest absolute Gasteiger partial charge is 0.368 e. The predicted octanol–water partition coefficient (Wildman–Crippen LogP) is 3.55. The summed E-state index contributed by atoms with van der Waals surface area (Å²) < 4.78 is 13.1. The van der Waals surface area contributed by atoms with Crippen LogP contribution in [-0.2, 0) is 0 Å². The highest BCUT2D eigenvalue weighted by Gasteiger charge is 2.15. The number of rotatable bonds is 5. The quantitative estimate of drug-likeness (QED) is 0.781. The van der Waals surface area contributed by atoms with Crippen LogP contribution in [0.2, 0.25) is 0 Å². The van der Waals surface area contributed by atoms with Gasteiger partial charge in [0.2, 0.25) is 0 Å². The average molecular weight is 316 g/mol. The van der Waals surface area contributed by atoms with E-state index < -0.39 is 0 Å². The van der Waals surface area contributed by atoms with Gasteiger partial charge in [-0.2, -0.15) is 0 Å². The molecule has 0 saturated carbocycles. The number of hydrogen-bond acceptors (Lipinski definition) is 5. The molecule has 3 aromatic rings. The summed E-state index contributed by atoms with van der Waals surface area (Å²) in [5, 5.41) is 6.43. The molecule has 114 valence electrons. The highest BCUT2D eigenvalue weighted by atomic mass is 32.1. The van der Waals surface area contributed by atoms with E-state index >= 15 is 0 Å². The molecule has 4 nitrogen and oxygen atoms in total. The summed E-state index contributed by atoms with van der Waals surface area (Å²) >= 11 is 1.60. The molecule has 0 saturated heterocycles.